The topological polar surface area (TPSA) is 20.2 Å². The van der Waals surface area contributed by atoms with Crippen molar-refractivity contribution in [3.63, 3.8) is 0 Å². The summed E-state index contributed by atoms with van der Waals surface area (Å²) >= 11 is 0. The normalized spacial score (nSPS) is 26.1. The van der Waals surface area contributed by atoms with Crippen LogP contribution < -0.4 is 0 Å². The molecule has 1 nitrogen and oxygen atoms in total. The molecule has 0 heterocycles. The lowest BCUT2D eigenvalue weighted by atomic mass is 10.0. The summed E-state index contributed by atoms with van der Waals surface area (Å²) in [7, 11) is 0. The third-order valence-electron chi connectivity index (χ3n) is 3.07. The van der Waals surface area contributed by atoms with Crippen LogP contribution in [-0.4, -0.2) is 5.11 Å². The van der Waals surface area contributed by atoms with Gasteiger partial charge in [0.15, 0.2) is 0 Å². The number of aryl methyl sites for hydroxylation is 1. The predicted octanol–water partition coefficient (Wildman–Crippen LogP) is 2.47. The van der Waals surface area contributed by atoms with E-state index in [-0.39, 0.29) is 6.10 Å². The van der Waals surface area contributed by atoms with E-state index in [4.69, 9.17) is 0 Å². The van der Waals surface area contributed by atoms with E-state index in [0.717, 1.165) is 18.4 Å². The molecule has 70 valence electrons. The van der Waals surface area contributed by atoms with Crippen molar-refractivity contribution in [3.8, 4) is 0 Å². The molecular formula is C12H16O. The van der Waals surface area contributed by atoms with Crippen LogP contribution in [0.15, 0.2) is 18.2 Å². The van der Waals surface area contributed by atoms with Gasteiger partial charge in [0.1, 0.15) is 0 Å². The van der Waals surface area contributed by atoms with E-state index < -0.39 is 0 Å². The fraction of sp³-hybridized carbons (Fsp3) is 0.500. The molecule has 0 saturated carbocycles. The Morgan fingerprint density at radius 3 is 2.92 bits per heavy atom. The third-order valence-corrected chi connectivity index (χ3v) is 3.07. The van der Waals surface area contributed by atoms with Crippen molar-refractivity contribution in [2.24, 2.45) is 5.92 Å². The third kappa shape index (κ3) is 1.28. The molecule has 0 aromatic heterocycles. The van der Waals surface area contributed by atoms with Crippen LogP contribution in [0.3, 0.4) is 0 Å². The van der Waals surface area contributed by atoms with Crippen LogP contribution in [0, 0.1) is 5.92 Å². The molecular weight excluding hydrogens is 160 g/mol. The zero-order valence-electron chi connectivity index (χ0n) is 8.25. The van der Waals surface area contributed by atoms with Crippen molar-refractivity contribution in [1.29, 1.82) is 0 Å². The van der Waals surface area contributed by atoms with Crippen molar-refractivity contribution in [3.05, 3.63) is 34.9 Å². The lowest BCUT2D eigenvalue weighted by Crippen LogP contribution is -2.00. The van der Waals surface area contributed by atoms with Gasteiger partial charge < -0.3 is 5.11 Å². The Morgan fingerprint density at radius 1 is 1.46 bits per heavy atom. The van der Waals surface area contributed by atoms with E-state index in [1.165, 1.54) is 11.1 Å². The molecule has 2 unspecified atom stereocenters. The second-order valence-corrected chi connectivity index (χ2v) is 3.96. The van der Waals surface area contributed by atoms with Crippen LogP contribution in [0.25, 0.3) is 0 Å². The molecule has 1 N–H and O–H groups in total. The Bertz CT molecular complexity index is 317. The minimum Gasteiger partial charge on any atom is -0.388 e. The summed E-state index contributed by atoms with van der Waals surface area (Å²) < 4.78 is 0. The molecule has 0 bridgehead atoms. The molecule has 0 saturated heterocycles. The highest BCUT2D eigenvalue weighted by molar-refractivity contribution is 5.40. The van der Waals surface area contributed by atoms with E-state index in [1.54, 1.807) is 0 Å². The van der Waals surface area contributed by atoms with Gasteiger partial charge in [-0.15, -0.1) is 0 Å². The Hall–Kier alpha value is -0.820. The van der Waals surface area contributed by atoms with E-state index in [9.17, 15) is 5.11 Å². The molecule has 2 rings (SSSR count). The van der Waals surface area contributed by atoms with Crippen molar-refractivity contribution >= 4 is 0 Å². The minimum absolute atomic E-state index is 0.235. The molecule has 13 heavy (non-hydrogen) atoms. The summed E-state index contributed by atoms with van der Waals surface area (Å²) in [5.41, 5.74) is 3.96. The van der Waals surface area contributed by atoms with Crippen LogP contribution in [0.4, 0.5) is 0 Å². The van der Waals surface area contributed by atoms with Crippen LogP contribution in [-0.2, 0) is 12.8 Å². The Labute approximate surface area is 79.4 Å². The summed E-state index contributed by atoms with van der Waals surface area (Å²) in [4.78, 5) is 0. The first-order valence-corrected chi connectivity index (χ1v) is 5.02. The van der Waals surface area contributed by atoms with Crippen LogP contribution in [0.1, 0.15) is 36.6 Å². The lowest BCUT2D eigenvalue weighted by molar-refractivity contribution is 0.133. The molecule has 0 spiro atoms. The monoisotopic (exact) mass is 176 g/mol. The van der Waals surface area contributed by atoms with Gasteiger partial charge in [0.05, 0.1) is 6.10 Å². The number of aliphatic hydroxyl groups is 1. The number of hydrogen-bond donors (Lipinski definition) is 1. The molecule has 0 radical (unpaired) electrons. The Kier molecular flexibility index (Phi) is 2.12. The number of hydrogen-bond acceptors (Lipinski definition) is 1. The van der Waals surface area contributed by atoms with E-state index in [1.807, 2.05) is 0 Å². The summed E-state index contributed by atoms with van der Waals surface area (Å²) in [6.45, 7) is 4.29. The molecule has 0 fully saturated rings. The van der Waals surface area contributed by atoms with Crippen molar-refractivity contribution < 1.29 is 5.11 Å². The summed E-state index contributed by atoms with van der Waals surface area (Å²) in [5, 5.41) is 9.87. The lowest BCUT2D eigenvalue weighted by Gasteiger charge is -2.08. The highest BCUT2D eigenvalue weighted by Crippen LogP contribution is 2.37. The summed E-state index contributed by atoms with van der Waals surface area (Å²) in [6.07, 6.45) is 1.88. The minimum atomic E-state index is -0.235. The maximum atomic E-state index is 9.87. The zero-order valence-corrected chi connectivity index (χ0v) is 8.25. The van der Waals surface area contributed by atoms with Gasteiger partial charge in [-0.2, -0.15) is 0 Å². The number of fused-ring (bicyclic) bond motifs is 1. The molecule has 1 aromatic carbocycles. The van der Waals surface area contributed by atoms with Crippen LogP contribution >= 0.6 is 0 Å². The summed E-state index contributed by atoms with van der Waals surface area (Å²) in [5.74, 6) is 0.391. The maximum Gasteiger partial charge on any atom is 0.0821 e. The van der Waals surface area contributed by atoms with Gasteiger partial charge in [-0.1, -0.05) is 32.0 Å². The van der Waals surface area contributed by atoms with Gasteiger partial charge in [-0.05, 0) is 35.4 Å². The van der Waals surface area contributed by atoms with E-state index >= 15 is 0 Å². The number of aliphatic hydroxyl groups excluding tert-OH is 1. The average molecular weight is 176 g/mol. The molecule has 1 aliphatic rings. The summed E-state index contributed by atoms with van der Waals surface area (Å²) in [6, 6.07) is 6.28. The fourth-order valence-electron chi connectivity index (χ4n) is 2.25. The highest BCUT2D eigenvalue weighted by Gasteiger charge is 2.28. The van der Waals surface area contributed by atoms with Gasteiger partial charge in [-0.25, -0.2) is 0 Å². The fourth-order valence-corrected chi connectivity index (χ4v) is 2.25. The first-order chi connectivity index (χ1) is 6.24. The van der Waals surface area contributed by atoms with Gasteiger partial charge in [0, 0.05) is 0 Å². The zero-order chi connectivity index (χ0) is 9.42. The number of rotatable bonds is 1. The second kappa shape index (κ2) is 3.15. The SMILES string of the molecule is CCc1cccc2c1CC(C)C2O. The largest absolute Gasteiger partial charge is 0.388 e. The molecule has 1 aromatic rings. The van der Waals surface area contributed by atoms with Gasteiger partial charge in [-0.3, -0.25) is 0 Å². The van der Waals surface area contributed by atoms with Crippen LogP contribution in [0.5, 0.6) is 0 Å². The molecule has 0 aliphatic heterocycles. The Balaban J connectivity index is 2.49. The first-order valence-electron chi connectivity index (χ1n) is 5.02. The first kappa shape index (κ1) is 8.76. The average Bonchev–Trinajstić information content (AvgIpc) is 2.43. The maximum absolute atomic E-state index is 9.87. The molecule has 0 amide bonds. The molecule has 2 atom stereocenters. The quantitative estimate of drug-likeness (QED) is 0.697. The number of benzene rings is 1. The molecule has 1 heteroatoms. The van der Waals surface area contributed by atoms with Gasteiger partial charge in [0.25, 0.3) is 0 Å². The van der Waals surface area contributed by atoms with E-state index in [0.29, 0.717) is 5.92 Å². The molecule has 1 aliphatic carbocycles. The van der Waals surface area contributed by atoms with Crippen molar-refractivity contribution in [1.82, 2.24) is 0 Å². The van der Waals surface area contributed by atoms with E-state index in [2.05, 4.69) is 32.0 Å². The highest BCUT2D eigenvalue weighted by atomic mass is 16.3. The van der Waals surface area contributed by atoms with Crippen LogP contribution in [0.2, 0.25) is 0 Å². The predicted molar refractivity (Wildman–Crippen MR) is 53.6 cm³/mol. The van der Waals surface area contributed by atoms with Crippen molar-refractivity contribution in [2.45, 2.75) is 32.8 Å². The Morgan fingerprint density at radius 2 is 2.23 bits per heavy atom. The van der Waals surface area contributed by atoms with Crippen molar-refractivity contribution in [2.75, 3.05) is 0 Å². The van der Waals surface area contributed by atoms with Gasteiger partial charge >= 0.3 is 0 Å². The second-order valence-electron chi connectivity index (χ2n) is 3.96. The van der Waals surface area contributed by atoms with Gasteiger partial charge in [0.2, 0.25) is 0 Å². The smallest absolute Gasteiger partial charge is 0.0821 e. The standard InChI is InChI=1S/C12H16O/c1-3-9-5-4-6-10-11(9)7-8(2)12(10)13/h4-6,8,12-13H,3,7H2,1-2H3.